The zero-order valence-corrected chi connectivity index (χ0v) is 20.8. The number of ether oxygens (including phenoxy) is 2. The summed E-state index contributed by atoms with van der Waals surface area (Å²) in [7, 11) is 3.45. The van der Waals surface area contributed by atoms with Crippen LogP contribution in [-0.4, -0.2) is 39.4 Å². The van der Waals surface area contributed by atoms with E-state index in [0.717, 1.165) is 43.8 Å². The summed E-state index contributed by atoms with van der Waals surface area (Å²) < 4.78 is 13.9. The minimum absolute atomic E-state index is 0.175. The number of carbonyl (C=O) groups is 1. The fourth-order valence-corrected chi connectivity index (χ4v) is 5.03. The van der Waals surface area contributed by atoms with Crippen LogP contribution in [0.2, 0.25) is 0 Å². The molecule has 0 bridgehead atoms. The molecule has 3 aromatic heterocycles. The molecule has 0 radical (unpaired) electrons. The van der Waals surface area contributed by atoms with E-state index in [1.807, 2.05) is 75.5 Å². The average molecular weight is 488 g/mol. The largest absolute Gasteiger partial charge is 0.497 e. The quantitative estimate of drug-likeness (QED) is 0.328. The fraction of sp³-hybridized carbons (Fsp3) is 0.231. The van der Waals surface area contributed by atoms with Crippen LogP contribution in [0.1, 0.15) is 16.8 Å². The first-order valence-electron chi connectivity index (χ1n) is 11.2. The third-order valence-electron chi connectivity index (χ3n) is 5.72. The highest BCUT2D eigenvalue weighted by Gasteiger charge is 2.23. The molecule has 0 unspecified atom stereocenters. The summed E-state index contributed by atoms with van der Waals surface area (Å²) in [5, 5.41) is 5.88. The molecule has 178 valence electrons. The lowest BCUT2D eigenvalue weighted by Crippen LogP contribution is -2.34. The van der Waals surface area contributed by atoms with Crippen molar-refractivity contribution in [3.8, 4) is 11.6 Å². The van der Waals surface area contributed by atoms with Gasteiger partial charge >= 0.3 is 0 Å². The molecule has 9 heteroatoms. The van der Waals surface area contributed by atoms with Crippen molar-refractivity contribution in [1.82, 2.24) is 19.7 Å². The van der Waals surface area contributed by atoms with Crippen LogP contribution >= 0.6 is 11.3 Å². The molecule has 5 aromatic rings. The van der Waals surface area contributed by atoms with E-state index in [0.29, 0.717) is 17.6 Å². The van der Waals surface area contributed by atoms with Gasteiger partial charge in [0.15, 0.2) is 17.4 Å². The first-order chi connectivity index (χ1) is 16.9. The molecular weight excluding hydrogens is 462 g/mol. The number of nitrogens with zero attached hydrogens (tertiary/aromatic N) is 5. The van der Waals surface area contributed by atoms with E-state index in [2.05, 4.69) is 10.1 Å². The molecule has 0 atom stereocenters. The van der Waals surface area contributed by atoms with Crippen LogP contribution in [-0.2, 0) is 18.4 Å². The van der Waals surface area contributed by atoms with Crippen molar-refractivity contribution in [2.45, 2.75) is 20.4 Å². The van der Waals surface area contributed by atoms with Crippen molar-refractivity contribution in [2.75, 3.05) is 18.6 Å². The summed E-state index contributed by atoms with van der Waals surface area (Å²) >= 11 is 1.44. The molecule has 35 heavy (non-hydrogen) atoms. The van der Waals surface area contributed by atoms with E-state index in [1.54, 1.807) is 16.7 Å². The van der Waals surface area contributed by atoms with E-state index in [1.165, 1.54) is 11.3 Å². The fourth-order valence-electron chi connectivity index (χ4n) is 4.02. The van der Waals surface area contributed by atoms with Gasteiger partial charge in [-0.15, -0.1) is 5.10 Å². The molecule has 1 amide bonds. The SMILES string of the molecule is COc1ccc2nc(N(Cc3ccccc3)C(=O)COc3nn(C)c4nc(C)cc(C)c34)sc2c1. The van der Waals surface area contributed by atoms with Crippen molar-refractivity contribution in [3.63, 3.8) is 0 Å². The number of hydrogen-bond donors (Lipinski definition) is 0. The number of methoxy groups -OCH3 is 1. The van der Waals surface area contributed by atoms with Gasteiger partial charge in [-0.3, -0.25) is 9.69 Å². The zero-order valence-electron chi connectivity index (χ0n) is 20.0. The molecule has 0 fully saturated rings. The number of rotatable bonds is 7. The molecule has 0 saturated carbocycles. The van der Waals surface area contributed by atoms with Crippen LogP contribution in [0.4, 0.5) is 5.13 Å². The molecule has 0 aliphatic heterocycles. The number of carbonyl (C=O) groups excluding carboxylic acids is 1. The number of thiazole rings is 1. The molecule has 0 aliphatic rings. The summed E-state index contributed by atoms with van der Waals surface area (Å²) in [4.78, 5) is 24.4. The number of aryl methyl sites for hydroxylation is 3. The predicted molar refractivity (Wildman–Crippen MR) is 137 cm³/mol. The Balaban J connectivity index is 1.45. The van der Waals surface area contributed by atoms with Crippen LogP contribution in [0, 0.1) is 13.8 Å². The van der Waals surface area contributed by atoms with E-state index in [4.69, 9.17) is 14.5 Å². The molecule has 0 saturated heterocycles. The summed E-state index contributed by atoms with van der Waals surface area (Å²) in [6.07, 6.45) is 0. The van der Waals surface area contributed by atoms with Gasteiger partial charge in [0, 0.05) is 12.7 Å². The highest BCUT2D eigenvalue weighted by atomic mass is 32.1. The van der Waals surface area contributed by atoms with E-state index >= 15 is 0 Å². The second-order valence-corrected chi connectivity index (χ2v) is 9.30. The Kier molecular flexibility index (Phi) is 6.08. The van der Waals surface area contributed by atoms with Gasteiger partial charge in [0.1, 0.15) is 5.75 Å². The molecule has 0 N–H and O–H groups in total. The van der Waals surface area contributed by atoms with Crippen molar-refractivity contribution >= 4 is 43.6 Å². The number of benzene rings is 2. The highest BCUT2D eigenvalue weighted by molar-refractivity contribution is 7.22. The zero-order chi connectivity index (χ0) is 24.5. The molecular formula is C26H25N5O3S. The highest BCUT2D eigenvalue weighted by Crippen LogP contribution is 2.33. The molecule has 8 nitrogen and oxygen atoms in total. The van der Waals surface area contributed by atoms with Gasteiger partial charge in [-0.25, -0.2) is 14.6 Å². The Labute approximate surface area is 206 Å². The summed E-state index contributed by atoms with van der Waals surface area (Å²) in [5.74, 6) is 0.934. The summed E-state index contributed by atoms with van der Waals surface area (Å²) in [6, 6.07) is 17.5. The number of anilines is 1. The number of amides is 1. The maximum absolute atomic E-state index is 13.5. The number of pyridine rings is 1. The van der Waals surface area contributed by atoms with Crippen LogP contribution in [0.3, 0.4) is 0 Å². The standard InChI is InChI=1S/C26H25N5O3S/c1-16-12-17(2)27-24-23(16)25(29-30(24)3)34-15-22(32)31(14-18-8-6-5-7-9-18)26-28-20-11-10-19(33-4)13-21(20)35-26/h5-13H,14-15H2,1-4H3. The third kappa shape index (κ3) is 4.54. The van der Waals surface area contributed by atoms with E-state index in [9.17, 15) is 4.79 Å². The van der Waals surface area contributed by atoms with E-state index < -0.39 is 0 Å². The molecule has 3 heterocycles. The molecule has 2 aromatic carbocycles. The second-order valence-electron chi connectivity index (χ2n) is 8.29. The lowest BCUT2D eigenvalue weighted by Gasteiger charge is -2.20. The Morgan fingerprint density at radius 2 is 1.89 bits per heavy atom. The Hall–Kier alpha value is -3.98. The van der Waals surface area contributed by atoms with Crippen molar-refractivity contribution in [2.24, 2.45) is 7.05 Å². The average Bonchev–Trinajstić information content (AvgIpc) is 3.41. The summed E-state index contributed by atoms with van der Waals surface area (Å²) in [5.41, 5.74) is 4.44. The Morgan fingerprint density at radius 3 is 2.66 bits per heavy atom. The van der Waals surface area contributed by atoms with Gasteiger partial charge in [0.05, 0.1) is 29.3 Å². The first-order valence-corrected chi connectivity index (χ1v) is 12.0. The topological polar surface area (TPSA) is 82.4 Å². The minimum Gasteiger partial charge on any atom is -0.497 e. The number of fused-ring (bicyclic) bond motifs is 2. The van der Waals surface area contributed by atoms with Crippen LogP contribution in [0.15, 0.2) is 54.6 Å². The maximum Gasteiger partial charge on any atom is 0.267 e. The van der Waals surface area contributed by atoms with Crippen molar-refractivity contribution in [1.29, 1.82) is 0 Å². The van der Waals surface area contributed by atoms with Gasteiger partial charge in [0.2, 0.25) is 5.88 Å². The normalized spacial score (nSPS) is 11.2. The smallest absolute Gasteiger partial charge is 0.267 e. The first kappa shape index (κ1) is 22.8. The Morgan fingerprint density at radius 1 is 1.09 bits per heavy atom. The predicted octanol–water partition coefficient (Wildman–Crippen LogP) is 4.82. The lowest BCUT2D eigenvalue weighted by molar-refractivity contribution is -0.120. The number of hydrogen-bond acceptors (Lipinski definition) is 7. The summed E-state index contributed by atoms with van der Waals surface area (Å²) in [6.45, 7) is 4.14. The van der Waals surface area contributed by atoms with E-state index in [-0.39, 0.29) is 12.5 Å². The molecule has 0 spiro atoms. The minimum atomic E-state index is -0.212. The lowest BCUT2D eigenvalue weighted by atomic mass is 10.2. The second kappa shape index (κ2) is 9.34. The van der Waals surface area contributed by atoms with Crippen LogP contribution in [0.5, 0.6) is 11.6 Å². The third-order valence-corrected chi connectivity index (χ3v) is 6.76. The Bertz CT molecular complexity index is 1530. The molecule has 5 rings (SSSR count). The van der Waals surface area contributed by atoms with Gasteiger partial charge in [-0.2, -0.15) is 0 Å². The van der Waals surface area contributed by atoms with Gasteiger partial charge in [0.25, 0.3) is 5.91 Å². The van der Waals surface area contributed by atoms with Crippen molar-refractivity contribution in [3.05, 3.63) is 71.4 Å². The van der Waals surface area contributed by atoms with Gasteiger partial charge < -0.3 is 9.47 Å². The molecule has 0 aliphatic carbocycles. The van der Waals surface area contributed by atoms with Crippen LogP contribution < -0.4 is 14.4 Å². The van der Waals surface area contributed by atoms with Crippen LogP contribution in [0.25, 0.3) is 21.3 Å². The monoisotopic (exact) mass is 487 g/mol. The van der Waals surface area contributed by atoms with Gasteiger partial charge in [-0.05, 0) is 49.2 Å². The van der Waals surface area contributed by atoms with Gasteiger partial charge in [-0.1, -0.05) is 41.7 Å². The maximum atomic E-state index is 13.5. The number of aromatic nitrogens is 4. The van der Waals surface area contributed by atoms with Crippen molar-refractivity contribution < 1.29 is 14.3 Å².